The monoisotopic (exact) mass is 240 g/mol. The van der Waals surface area contributed by atoms with E-state index in [4.69, 9.17) is 5.73 Å². The van der Waals surface area contributed by atoms with Gasteiger partial charge in [-0.2, -0.15) is 0 Å². The van der Waals surface area contributed by atoms with Crippen LogP contribution in [0.1, 0.15) is 78.1 Å². The van der Waals surface area contributed by atoms with Crippen molar-refractivity contribution in [1.82, 2.24) is 5.32 Å². The summed E-state index contributed by atoms with van der Waals surface area (Å²) < 4.78 is 0. The smallest absolute Gasteiger partial charge is 0.0150 e. The molecule has 0 amide bonds. The fourth-order valence-corrected chi connectivity index (χ4v) is 2.94. The van der Waals surface area contributed by atoms with Gasteiger partial charge in [-0.1, -0.05) is 38.5 Å². The Hall–Kier alpha value is -0.0800. The molecule has 1 saturated carbocycles. The van der Waals surface area contributed by atoms with Crippen molar-refractivity contribution in [2.45, 2.75) is 89.1 Å². The lowest BCUT2D eigenvalue weighted by molar-refractivity contribution is 0.289. The first-order valence-corrected chi connectivity index (χ1v) is 7.45. The third kappa shape index (κ3) is 5.87. The number of hydrogen-bond acceptors (Lipinski definition) is 2. The average Bonchev–Trinajstić information content (AvgIpc) is 2.26. The second kappa shape index (κ2) is 6.75. The number of rotatable bonds is 1. The highest BCUT2D eigenvalue weighted by Crippen LogP contribution is 2.26. The van der Waals surface area contributed by atoms with E-state index >= 15 is 0 Å². The van der Waals surface area contributed by atoms with E-state index in [-0.39, 0.29) is 5.54 Å². The van der Waals surface area contributed by atoms with Gasteiger partial charge in [0.05, 0.1) is 0 Å². The molecule has 0 aromatic carbocycles. The fraction of sp³-hybridized carbons (Fsp3) is 1.00. The van der Waals surface area contributed by atoms with Crippen LogP contribution in [0, 0.1) is 0 Å². The van der Waals surface area contributed by atoms with Gasteiger partial charge in [0.15, 0.2) is 0 Å². The molecule has 0 spiro atoms. The van der Waals surface area contributed by atoms with Gasteiger partial charge in [-0.05, 0) is 46.6 Å². The first-order chi connectivity index (χ1) is 7.97. The van der Waals surface area contributed by atoms with Gasteiger partial charge in [0.25, 0.3) is 0 Å². The van der Waals surface area contributed by atoms with Gasteiger partial charge < -0.3 is 11.1 Å². The van der Waals surface area contributed by atoms with Crippen molar-refractivity contribution < 1.29 is 0 Å². The lowest BCUT2D eigenvalue weighted by Gasteiger charge is -2.31. The minimum absolute atomic E-state index is 0.0888. The molecule has 0 atom stereocenters. The van der Waals surface area contributed by atoms with E-state index in [0.29, 0.717) is 5.54 Å². The number of nitrogens with two attached hydrogens (primary N) is 1. The topological polar surface area (TPSA) is 38.0 Å². The van der Waals surface area contributed by atoms with E-state index in [1.165, 1.54) is 64.2 Å². The zero-order valence-electron chi connectivity index (χ0n) is 12.1. The van der Waals surface area contributed by atoms with Gasteiger partial charge in [0, 0.05) is 11.1 Å². The van der Waals surface area contributed by atoms with Gasteiger partial charge in [-0.3, -0.25) is 0 Å². The second-order valence-corrected chi connectivity index (χ2v) is 6.59. The Morgan fingerprint density at radius 3 is 1.59 bits per heavy atom. The summed E-state index contributed by atoms with van der Waals surface area (Å²) in [6, 6.07) is 0. The molecule has 0 aromatic heterocycles. The Bertz CT molecular complexity index is 195. The molecule has 2 heteroatoms. The Morgan fingerprint density at radius 2 is 1.18 bits per heavy atom. The highest BCUT2D eigenvalue weighted by molar-refractivity contribution is 4.83. The highest BCUT2D eigenvalue weighted by atomic mass is 14.9. The number of hydrogen-bond donors (Lipinski definition) is 2. The molecule has 102 valence electrons. The standard InChI is InChI=1S/C15H32N2/c1-14(16)10-6-4-8-12-15(2,17-3)13-9-5-7-11-14/h17H,4-13,16H2,1-3H3. The van der Waals surface area contributed by atoms with Gasteiger partial charge in [-0.25, -0.2) is 0 Å². The molecule has 0 aliphatic heterocycles. The summed E-state index contributed by atoms with van der Waals surface area (Å²) in [7, 11) is 2.11. The van der Waals surface area contributed by atoms with Crippen LogP contribution < -0.4 is 11.1 Å². The predicted molar refractivity (Wildman–Crippen MR) is 76.2 cm³/mol. The van der Waals surface area contributed by atoms with Gasteiger partial charge in [0.1, 0.15) is 0 Å². The average molecular weight is 240 g/mol. The molecule has 1 aliphatic carbocycles. The lowest BCUT2D eigenvalue weighted by atomic mass is 9.84. The van der Waals surface area contributed by atoms with Crippen molar-refractivity contribution in [2.24, 2.45) is 5.73 Å². The quantitative estimate of drug-likeness (QED) is 0.735. The maximum absolute atomic E-state index is 6.32. The Morgan fingerprint density at radius 1 is 0.765 bits per heavy atom. The molecule has 17 heavy (non-hydrogen) atoms. The summed E-state index contributed by atoms with van der Waals surface area (Å²) in [6.07, 6.45) is 13.0. The predicted octanol–water partition coefficient (Wildman–Crippen LogP) is 3.60. The highest BCUT2D eigenvalue weighted by Gasteiger charge is 2.23. The molecule has 0 radical (unpaired) electrons. The summed E-state index contributed by atoms with van der Waals surface area (Å²) in [5, 5.41) is 3.52. The lowest BCUT2D eigenvalue weighted by Crippen LogP contribution is -2.40. The normalized spacial score (nSPS) is 38.1. The van der Waals surface area contributed by atoms with Crippen LogP contribution >= 0.6 is 0 Å². The van der Waals surface area contributed by atoms with E-state index in [1.807, 2.05) is 0 Å². The molecule has 0 unspecified atom stereocenters. The fourth-order valence-electron chi connectivity index (χ4n) is 2.94. The van der Waals surface area contributed by atoms with E-state index in [9.17, 15) is 0 Å². The van der Waals surface area contributed by atoms with Crippen LogP contribution in [0.2, 0.25) is 0 Å². The van der Waals surface area contributed by atoms with E-state index in [0.717, 1.165) is 0 Å². The summed E-state index contributed by atoms with van der Waals surface area (Å²) in [5.41, 5.74) is 6.78. The molecular formula is C15H32N2. The summed E-state index contributed by atoms with van der Waals surface area (Å²) in [4.78, 5) is 0. The molecular weight excluding hydrogens is 208 g/mol. The molecule has 0 bridgehead atoms. The van der Waals surface area contributed by atoms with Crippen LogP contribution in [0.3, 0.4) is 0 Å². The van der Waals surface area contributed by atoms with E-state index in [2.05, 4.69) is 26.2 Å². The maximum atomic E-state index is 6.32. The van der Waals surface area contributed by atoms with Crippen LogP contribution in [-0.4, -0.2) is 18.1 Å². The van der Waals surface area contributed by atoms with Gasteiger partial charge in [0.2, 0.25) is 0 Å². The minimum Gasteiger partial charge on any atom is -0.325 e. The minimum atomic E-state index is 0.0888. The zero-order valence-corrected chi connectivity index (χ0v) is 12.1. The van der Waals surface area contributed by atoms with Crippen molar-refractivity contribution in [3.63, 3.8) is 0 Å². The van der Waals surface area contributed by atoms with Crippen molar-refractivity contribution in [3.8, 4) is 0 Å². The second-order valence-electron chi connectivity index (χ2n) is 6.59. The molecule has 0 heterocycles. The summed E-state index contributed by atoms with van der Waals surface area (Å²) >= 11 is 0. The molecule has 0 aromatic rings. The van der Waals surface area contributed by atoms with Crippen molar-refractivity contribution in [3.05, 3.63) is 0 Å². The van der Waals surface area contributed by atoms with Crippen molar-refractivity contribution in [2.75, 3.05) is 7.05 Å². The first-order valence-electron chi connectivity index (χ1n) is 7.45. The first kappa shape index (κ1) is 15.0. The molecule has 1 rings (SSSR count). The van der Waals surface area contributed by atoms with Crippen LogP contribution in [0.4, 0.5) is 0 Å². The third-order valence-electron chi connectivity index (χ3n) is 4.56. The van der Waals surface area contributed by atoms with Crippen molar-refractivity contribution in [1.29, 1.82) is 0 Å². The van der Waals surface area contributed by atoms with E-state index < -0.39 is 0 Å². The molecule has 0 saturated heterocycles. The van der Waals surface area contributed by atoms with E-state index in [1.54, 1.807) is 0 Å². The zero-order chi connectivity index (χ0) is 12.8. The molecule has 3 N–H and O–H groups in total. The van der Waals surface area contributed by atoms with Crippen LogP contribution in [-0.2, 0) is 0 Å². The van der Waals surface area contributed by atoms with Gasteiger partial charge >= 0.3 is 0 Å². The van der Waals surface area contributed by atoms with Crippen LogP contribution in [0.15, 0.2) is 0 Å². The molecule has 1 aliphatic rings. The van der Waals surface area contributed by atoms with Gasteiger partial charge in [-0.15, -0.1) is 0 Å². The largest absolute Gasteiger partial charge is 0.325 e. The Kier molecular flexibility index (Phi) is 5.94. The SMILES string of the molecule is CNC1(C)CCCCCC(C)(N)CCCCC1. The number of nitrogens with one attached hydrogen (secondary N) is 1. The third-order valence-corrected chi connectivity index (χ3v) is 4.56. The van der Waals surface area contributed by atoms with Crippen LogP contribution in [0.25, 0.3) is 0 Å². The Labute approximate surface area is 108 Å². The molecule has 1 fully saturated rings. The summed E-state index contributed by atoms with van der Waals surface area (Å²) in [5.74, 6) is 0. The molecule has 2 nitrogen and oxygen atoms in total. The van der Waals surface area contributed by atoms with Crippen molar-refractivity contribution >= 4 is 0 Å². The Balaban J connectivity index is 2.44. The summed E-state index contributed by atoms with van der Waals surface area (Å²) in [6.45, 7) is 4.61. The van der Waals surface area contributed by atoms with Crippen LogP contribution in [0.5, 0.6) is 0 Å². The maximum Gasteiger partial charge on any atom is 0.0150 e.